The van der Waals surface area contributed by atoms with E-state index in [1.54, 1.807) is 6.07 Å². The highest BCUT2D eigenvalue weighted by molar-refractivity contribution is 6.17. The largest absolute Gasteiger partial charge is 0.371 e. The zero-order chi connectivity index (χ0) is 10.7. The summed E-state index contributed by atoms with van der Waals surface area (Å²) < 4.78 is 19.0. The monoisotopic (exact) mass is 265 g/mol. The van der Waals surface area contributed by atoms with Crippen LogP contribution in [0.4, 0.5) is 4.39 Å². The summed E-state index contributed by atoms with van der Waals surface area (Å²) in [5, 5.41) is 3.21. The molecule has 1 aliphatic heterocycles. The van der Waals surface area contributed by atoms with Crippen LogP contribution in [0.2, 0.25) is 0 Å². The maximum Gasteiger partial charge on any atom is 0.127 e. The molecule has 0 bridgehead atoms. The highest BCUT2D eigenvalue weighted by atomic mass is 35.5. The van der Waals surface area contributed by atoms with E-state index in [1.807, 2.05) is 6.07 Å². The van der Waals surface area contributed by atoms with Gasteiger partial charge in [-0.05, 0) is 11.6 Å². The predicted molar refractivity (Wildman–Crippen MR) is 64.8 cm³/mol. The molecule has 2 nitrogen and oxygen atoms in total. The number of benzene rings is 1. The molecule has 1 aromatic carbocycles. The quantitative estimate of drug-likeness (QED) is 0.831. The lowest BCUT2D eigenvalue weighted by atomic mass is 10.1. The number of ether oxygens (including phenoxy) is 1. The highest BCUT2D eigenvalue weighted by Gasteiger charge is 2.16. The number of rotatable bonds is 2. The standard InChI is InChI=1S/C11H13ClFNO.ClH/c12-6-9-2-1-8(5-10(9)13)11-7-14-3-4-15-11;/h1-2,5,11,14H,3-4,6-7H2;1H. The zero-order valence-corrected chi connectivity index (χ0v) is 10.3. The molecule has 5 heteroatoms. The first-order valence-corrected chi connectivity index (χ1v) is 5.51. The molecule has 0 amide bonds. The van der Waals surface area contributed by atoms with E-state index in [1.165, 1.54) is 6.07 Å². The molecule has 90 valence electrons. The van der Waals surface area contributed by atoms with Crippen molar-refractivity contribution in [3.8, 4) is 0 Å². The number of morpholine rings is 1. The first-order valence-electron chi connectivity index (χ1n) is 4.98. The van der Waals surface area contributed by atoms with Crippen molar-refractivity contribution in [2.75, 3.05) is 19.7 Å². The van der Waals surface area contributed by atoms with Gasteiger partial charge in [-0.25, -0.2) is 4.39 Å². The molecular formula is C11H14Cl2FNO. The van der Waals surface area contributed by atoms with Gasteiger partial charge in [-0.3, -0.25) is 0 Å². The Balaban J connectivity index is 0.00000128. The van der Waals surface area contributed by atoms with Crippen LogP contribution in [0.15, 0.2) is 18.2 Å². The van der Waals surface area contributed by atoms with Crippen LogP contribution in [0.5, 0.6) is 0 Å². The van der Waals surface area contributed by atoms with Crippen molar-refractivity contribution in [2.45, 2.75) is 12.0 Å². The van der Waals surface area contributed by atoms with Gasteiger partial charge < -0.3 is 10.1 Å². The number of alkyl halides is 1. The van der Waals surface area contributed by atoms with Crippen LogP contribution in [0.1, 0.15) is 17.2 Å². The van der Waals surface area contributed by atoms with E-state index in [2.05, 4.69) is 5.32 Å². The predicted octanol–water partition coefficient (Wildman–Crippen LogP) is 2.65. The van der Waals surface area contributed by atoms with Gasteiger partial charge in [-0.15, -0.1) is 24.0 Å². The Bertz CT molecular complexity index is 343. The summed E-state index contributed by atoms with van der Waals surface area (Å²) in [7, 11) is 0. The van der Waals surface area contributed by atoms with E-state index < -0.39 is 0 Å². The lowest BCUT2D eigenvalue weighted by Gasteiger charge is -2.24. The molecule has 1 saturated heterocycles. The van der Waals surface area contributed by atoms with Crippen molar-refractivity contribution in [3.63, 3.8) is 0 Å². The molecule has 1 aromatic rings. The topological polar surface area (TPSA) is 21.3 Å². The molecule has 0 radical (unpaired) electrons. The van der Waals surface area contributed by atoms with E-state index in [4.69, 9.17) is 16.3 Å². The molecule has 1 N–H and O–H groups in total. The minimum absolute atomic E-state index is 0. The van der Waals surface area contributed by atoms with Crippen LogP contribution in [0.3, 0.4) is 0 Å². The molecule has 0 aliphatic carbocycles. The van der Waals surface area contributed by atoms with Crippen molar-refractivity contribution >= 4 is 24.0 Å². The minimum atomic E-state index is -0.253. The maximum atomic E-state index is 13.4. The maximum absolute atomic E-state index is 13.4. The summed E-state index contributed by atoms with van der Waals surface area (Å²) in [6.07, 6.45) is -0.0439. The van der Waals surface area contributed by atoms with Gasteiger partial charge in [-0.2, -0.15) is 0 Å². The number of nitrogens with one attached hydrogen (secondary N) is 1. The molecule has 1 fully saturated rings. The highest BCUT2D eigenvalue weighted by Crippen LogP contribution is 2.21. The van der Waals surface area contributed by atoms with Crippen molar-refractivity contribution in [1.82, 2.24) is 5.32 Å². The molecule has 1 heterocycles. The van der Waals surface area contributed by atoms with Crippen molar-refractivity contribution in [1.29, 1.82) is 0 Å². The number of hydrogen-bond acceptors (Lipinski definition) is 2. The fourth-order valence-electron chi connectivity index (χ4n) is 1.65. The normalized spacial score (nSPS) is 20.2. The molecule has 0 spiro atoms. The van der Waals surface area contributed by atoms with Gasteiger partial charge in [0.2, 0.25) is 0 Å². The first-order chi connectivity index (χ1) is 7.31. The Kier molecular flexibility index (Phi) is 5.49. The van der Waals surface area contributed by atoms with Gasteiger partial charge in [0.1, 0.15) is 5.82 Å². The van der Waals surface area contributed by atoms with Gasteiger partial charge in [-0.1, -0.05) is 12.1 Å². The van der Waals surface area contributed by atoms with Gasteiger partial charge in [0.25, 0.3) is 0 Å². The molecule has 0 aromatic heterocycles. The van der Waals surface area contributed by atoms with E-state index in [0.717, 1.165) is 18.7 Å². The fourth-order valence-corrected chi connectivity index (χ4v) is 1.87. The zero-order valence-electron chi connectivity index (χ0n) is 8.71. The van der Waals surface area contributed by atoms with Crippen molar-refractivity contribution in [2.24, 2.45) is 0 Å². The smallest absolute Gasteiger partial charge is 0.127 e. The molecule has 1 aliphatic rings. The molecule has 2 rings (SSSR count). The van der Waals surface area contributed by atoms with E-state index in [0.29, 0.717) is 12.2 Å². The summed E-state index contributed by atoms with van der Waals surface area (Å²) in [5.41, 5.74) is 1.40. The van der Waals surface area contributed by atoms with E-state index >= 15 is 0 Å². The average molecular weight is 266 g/mol. The Morgan fingerprint density at radius 2 is 2.31 bits per heavy atom. The summed E-state index contributed by atoms with van der Waals surface area (Å²) in [6, 6.07) is 5.10. The van der Waals surface area contributed by atoms with E-state index in [-0.39, 0.29) is 30.2 Å². The Hall–Kier alpha value is -0.350. The van der Waals surface area contributed by atoms with Crippen LogP contribution >= 0.6 is 24.0 Å². The molecule has 16 heavy (non-hydrogen) atoms. The third-order valence-corrected chi connectivity index (χ3v) is 2.81. The number of halogens is 3. The SMILES string of the molecule is Cl.Fc1cc(C2CNCCO2)ccc1CCl. The first kappa shape index (κ1) is 13.7. The summed E-state index contributed by atoms with van der Waals surface area (Å²) >= 11 is 5.59. The molecule has 1 unspecified atom stereocenters. The number of hydrogen-bond donors (Lipinski definition) is 1. The van der Waals surface area contributed by atoms with Gasteiger partial charge in [0, 0.05) is 18.7 Å². The summed E-state index contributed by atoms with van der Waals surface area (Å²) in [4.78, 5) is 0. The third kappa shape index (κ3) is 3.08. The third-order valence-electron chi connectivity index (χ3n) is 2.52. The summed E-state index contributed by atoms with van der Waals surface area (Å²) in [6.45, 7) is 2.27. The molecule has 0 saturated carbocycles. The lowest BCUT2D eigenvalue weighted by Crippen LogP contribution is -2.33. The van der Waals surface area contributed by atoms with Crippen LogP contribution in [-0.4, -0.2) is 19.7 Å². The van der Waals surface area contributed by atoms with Gasteiger partial charge in [0.15, 0.2) is 0 Å². The van der Waals surface area contributed by atoms with Gasteiger partial charge in [0.05, 0.1) is 18.6 Å². The second-order valence-corrected chi connectivity index (χ2v) is 3.82. The van der Waals surface area contributed by atoms with Crippen LogP contribution in [-0.2, 0) is 10.6 Å². The second kappa shape index (κ2) is 6.40. The Labute approximate surface area is 106 Å². The summed E-state index contributed by atoms with van der Waals surface area (Å²) in [5.74, 6) is -0.0488. The van der Waals surface area contributed by atoms with Gasteiger partial charge >= 0.3 is 0 Å². The fraction of sp³-hybridized carbons (Fsp3) is 0.455. The van der Waals surface area contributed by atoms with Crippen LogP contribution < -0.4 is 5.32 Å². The van der Waals surface area contributed by atoms with Crippen LogP contribution in [0.25, 0.3) is 0 Å². The Morgan fingerprint density at radius 3 is 2.88 bits per heavy atom. The second-order valence-electron chi connectivity index (χ2n) is 3.55. The minimum Gasteiger partial charge on any atom is -0.371 e. The lowest BCUT2D eigenvalue weighted by molar-refractivity contribution is 0.0275. The molecular weight excluding hydrogens is 252 g/mol. The van der Waals surface area contributed by atoms with Crippen molar-refractivity contribution < 1.29 is 9.13 Å². The Morgan fingerprint density at radius 1 is 1.50 bits per heavy atom. The average Bonchev–Trinajstić information content (AvgIpc) is 2.30. The van der Waals surface area contributed by atoms with Crippen molar-refractivity contribution in [3.05, 3.63) is 35.1 Å². The molecule has 1 atom stereocenters. The van der Waals surface area contributed by atoms with Crippen LogP contribution in [0, 0.1) is 5.82 Å². The van der Waals surface area contributed by atoms with E-state index in [9.17, 15) is 4.39 Å².